The van der Waals surface area contributed by atoms with E-state index in [9.17, 15) is 9.18 Å². The summed E-state index contributed by atoms with van der Waals surface area (Å²) >= 11 is 5.96. The summed E-state index contributed by atoms with van der Waals surface area (Å²) in [5, 5.41) is 3.68. The first kappa shape index (κ1) is 16.2. The molecule has 0 spiro atoms. The van der Waals surface area contributed by atoms with E-state index in [1.165, 1.54) is 18.2 Å². The molecule has 21 heavy (non-hydrogen) atoms. The topological polar surface area (TPSA) is 41.6 Å². The summed E-state index contributed by atoms with van der Waals surface area (Å²) < 4.78 is 19.3. The van der Waals surface area contributed by atoms with E-state index in [0.29, 0.717) is 18.1 Å². The SMILES string of the molecule is CCOC(=O)C(c1cc(Cl)ccc1F)N1CCCNCC1. The van der Waals surface area contributed by atoms with E-state index in [-0.39, 0.29) is 12.2 Å². The molecule has 0 radical (unpaired) electrons. The largest absolute Gasteiger partial charge is 0.465 e. The second-order valence-corrected chi connectivity index (χ2v) is 5.40. The average molecular weight is 315 g/mol. The van der Waals surface area contributed by atoms with Crippen molar-refractivity contribution < 1.29 is 13.9 Å². The molecule has 1 saturated heterocycles. The first-order valence-electron chi connectivity index (χ1n) is 7.20. The van der Waals surface area contributed by atoms with Crippen LogP contribution in [0.15, 0.2) is 18.2 Å². The van der Waals surface area contributed by atoms with Crippen molar-refractivity contribution >= 4 is 17.6 Å². The fourth-order valence-electron chi connectivity index (χ4n) is 2.54. The number of carbonyl (C=O) groups excluding carboxylic acids is 1. The molecule has 1 N–H and O–H groups in total. The minimum absolute atomic E-state index is 0.267. The summed E-state index contributed by atoms with van der Waals surface area (Å²) in [6, 6.07) is 3.53. The first-order valence-corrected chi connectivity index (χ1v) is 7.57. The highest BCUT2D eigenvalue weighted by Gasteiger charge is 2.31. The molecule has 1 aliphatic rings. The molecule has 1 unspecified atom stereocenters. The third-order valence-corrected chi connectivity index (χ3v) is 3.74. The fourth-order valence-corrected chi connectivity index (χ4v) is 2.72. The van der Waals surface area contributed by atoms with E-state index in [0.717, 1.165) is 19.5 Å². The lowest BCUT2D eigenvalue weighted by atomic mass is 10.0. The first-order chi connectivity index (χ1) is 10.1. The standard InChI is InChI=1S/C15H20ClFN2O2/c1-2-21-15(20)14(19-8-3-6-18-7-9-19)12-10-11(16)4-5-13(12)17/h4-5,10,14,18H,2-3,6-9H2,1H3. The molecule has 4 nitrogen and oxygen atoms in total. The van der Waals surface area contributed by atoms with Crippen LogP contribution in [0, 0.1) is 5.82 Å². The Bertz CT molecular complexity index is 491. The summed E-state index contributed by atoms with van der Waals surface area (Å²) in [4.78, 5) is 14.3. The van der Waals surface area contributed by atoms with Crippen molar-refractivity contribution in [1.29, 1.82) is 0 Å². The highest BCUT2D eigenvalue weighted by molar-refractivity contribution is 6.30. The zero-order valence-corrected chi connectivity index (χ0v) is 12.8. The summed E-state index contributed by atoms with van der Waals surface area (Å²) in [6.45, 7) is 5.04. The summed E-state index contributed by atoms with van der Waals surface area (Å²) in [5.74, 6) is -0.866. The number of benzene rings is 1. The third-order valence-electron chi connectivity index (χ3n) is 3.50. The van der Waals surface area contributed by atoms with E-state index in [1.807, 2.05) is 4.90 Å². The monoisotopic (exact) mass is 314 g/mol. The quantitative estimate of drug-likeness (QED) is 0.866. The molecule has 1 fully saturated rings. The van der Waals surface area contributed by atoms with Crippen LogP contribution in [0.1, 0.15) is 24.9 Å². The molecular weight excluding hydrogens is 295 g/mol. The number of esters is 1. The smallest absolute Gasteiger partial charge is 0.328 e. The van der Waals surface area contributed by atoms with Gasteiger partial charge in [0, 0.05) is 30.2 Å². The molecule has 0 bridgehead atoms. The van der Waals surface area contributed by atoms with Gasteiger partial charge in [-0.3, -0.25) is 4.90 Å². The Morgan fingerprint density at radius 1 is 1.48 bits per heavy atom. The van der Waals surface area contributed by atoms with Crippen molar-refractivity contribution in [1.82, 2.24) is 10.2 Å². The second kappa shape index (κ2) is 7.73. The van der Waals surface area contributed by atoms with Crippen molar-refractivity contribution in [3.8, 4) is 0 Å². The van der Waals surface area contributed by atoms with Crippen molar-refractivity contribution in [2.75, 3.05) is 32.8 Å². The number of nitrogens with zero attached hydrogens (tertiary/aromatic N) is 1. The molecule has 116 valence electrons. The van der Waals surface area contributed by atoms with Crippen LogP contribution in [-0.4, -0.2) is 43.7 Å². The number of hydrogen-bond acceptors (Lipinski definition) is 4. The molecule has 0 aliphatic carbocycles. The number of halogens is 2. The number of ether oxygens (including phenoxy) is 1. The minimum Gasteiger partial charge on any atom is -0.465 e. The Hall–Kier alpha value is -1.17. The van der Waals surface area contributed by atoms with Crippen molar-refractivity contribution in [2.45, 2.75) is 19.4 Å². The predicted molar refractivity (Wildman–Crippen MR) is 79.8 cm³/mol. The van der Waals surface area contributed by atoms with Gasteiger partial charge in [-0.25, -0.2) is 9.18 Å². The maximum absolute atomic E-state index is 14.2. The number of nitrogens with one attached hydrogen (secondary N) is 1. The van der Waals surface area contributed by atoms with Crippen molar-refractivity contribution in [3.63, 3.8) is 0 Å². The Kier molecular flexibility index (Phi) is 5.96. The summed E-state index contributed by atoms with van der Waals surface area (Å²) in [5.41, 5.74) is 0.280. The highest BCUT2D eigenvalue weighted by Crippen LogP contribution is 2.28. The van der Waals surface area contributed by atoms with Gasteiger partial charge in [-0.15, -0.1) is 0 Å². The van der Waals surface area contributed by atoms with Gasteiger partial charge in [-0.1, -0.05) is 11.6 Å². The number of hydrogen-bond donors (Lipinski definition) is 1. The summed E-state index contributed by atoms with van der Waals surface area (Å²) in [6.07, 6.45) is 0.901. The van der Waals surface area contributed by atoms with Gasteiger partial charge in [-0.2, -0.15) is 0 Å². The van der Waals surface area contributed by atoms with Crippen molar-refractivity contribution in [3.05, 3.63) is 34.6 Å². The molecular formula is C15H20ClFN2O2. The molecule has 1 aromatic rings. The Labute approximate surface area is 129 Å². The van der Waals surface area contributed by atoms with Crippen LogP contribution in [0.2, 0.25) is 5.02 Å². The molecule has 0 aromatic heterocycles. The van der Waals surface area contributed by atoms with E-state index in [2.05, 4.69) is 5.32 Å². The zero-order valence-electron chi connectivity index (χ0n) is 12.1. The molecule has 1 aromatic carbocycles. The lowest BCUT2D eigenvalue weighted by Crippen LogP contribution is -2.38. The van der Waals surface area contributed by atoms with Gasteiger partial charge in [0.05, 0.1) is 6.61 Å². The molecule has 0 amide bonds. The van der Waals surface area contributed by atoms with Gasteiger partial charge < -0.3 is 10.1 Å². The maximum atomic E-state index is 14.2. The minimum atomic E-state index is -0.747. The van der Waals surface area contributed by atoms with Crippen LogP contribution in [0.4, 0.5) is 4.39 Å². The van der Waals surface area contributed by atoms with E-state index < -0.39 is 17.8 Å². The Morgan fingerprint density at radius 3 is 3.05 bits per heavy atom. The van der Waals surface area contributed by atoms with Crippen LogP contribution < -0.4 is 5.32 Å². The van der Waals surface area contributed by atoms with Crippen LogP contribution in [0.25, 0.3) is 0 Å². The van der Waals surface area contributed by atoms with Crippen LogP contribution >= 0.6 is 11.6 Å². The predicted octanol–water partition coefficient (Wildman–Crippen LogP) is 2.38. The Balaban J connectivity index is 2.34. The fraction of sp³-hybridized carbons (Fsp3) is 0.533. The lowest BCUT2D eigenvalue weighted by molar-refractivity contribution is -0.150. The highest BCUT2D eigenvalue weighted by atomic mass is 35.5. The van der Waals surface area contributed by atoms with E-state index in [4.69, 9.17) is 16.3 Å². The molecule has 6 heteroatoms. The van der Waals surface area contributed by atoms with Gasteiger partial charge >= 0.3 is 5.97 Å². The lowest BCUT2D eigenvalue weighted by Gasteiger charge is -2.29. The molecule has 0 saturated carbocycles. The molecule has 1 aliphatic heterocycles. The molecule has 1 atom stereocenters. The average Bonchev–Trinajstić information content (AvgIpc) is 2.72. The van der Waals surface area contributed by atoms with Crippen molar-refractivity contribution in [2.24, 2.45) is 0 Å². The summed E-state index contributed by atoms with van der Waals surface area (Å²) in [7, 11) is 0. The van der Waals surface area contributed by atoms with Gasteiger partial charge in [0.2, 0.25) is 0 Å². The van der Waals surface area contributed by atoms with Crippen LogP contribution in [0.5, 0.6) is 0 Å². The number of carbonyl (C=O) groups is 1. The van der Waals surface area contributed by atoms with E-state index in [1.54, 1.807) is 6.92 Å². The van der Waals surface area contributed by atoms with Crippen LogP contribution in [-0.2, 0) is 9.53 Å². The Morgan fingerprint density at radius 2 is 2.29 bits per heavy atom. The molecule has 2 rings (SSSR count). The van der Waals surface area contributed by atoms with Gasteiger partial charge in [0.25, 0.3) is 0 Å². The second-order valence-electron chi connectivity index (χ2n) is 4.96. The number of rotatable bonds is 4. The zero-order chi connectivity index (χ0) is 15.2. The van der Waals surface area contributed by atoms with Crippen LogP contribution in [0.3, 0.4) is 0 Å². The van der Waals surface area contributed by atoms with E-state index >= 15 is 0 Å². The van der Waals surface area contributed by atoms with Gasteiger partial charge in [-0.05, 0) is 38.1 Å². The van der Waals surface area contributed by atoms with Gasteiger partial charge in [0.15, 0.2) is 0 Å². The maximum Gasteiger partial charge on any atom is 0.328 e. The normalized spacial score (nSPS) is 18.0. The van der Waals surface area contributed by atoms with Gasteiger partial charge in [0.1, 0.15) is 11.9 Å². The third kappa shape index (κ3) is 4.15. The molecule has 1 heterocycles.